The van der Waals surface area contributed by atoms with E-state index in [9.17, 15) is 32.7 Å². The number of sulfonamides is 1. The number of nitrogen functional groups attached to an aromatic ring is 1. The topological polar surface area (TPSA) is 189 Å². The highest BCUT2D eigenvalue weighted by Crippen LogP contribution is 2.39. The highest BCUT2D eigenvalue weighted by Gasteiger charge is 2.38. The van der Waals surface area contributed by atoms with E-state index < -0.39 is 48.7 Å². The molecular weight excluding hydrogens is 513 g/mol. The molecule has 36 heavy (non-hydrogen) atoms. The molecule has 0 unspecified atom stereocenters. The number of carbonyl (C=O) groups is 1. The van der Waals surface area contributed by atoms with Crippen LogP contribution < -0.4 is 11.1 Å². The second kappa shape index (κ2) is 12.2. The summed E-state index contributed by atoms with van der Waals surface area (Å²) in [6, 6.07) is 12.8. The summed E-state index contributed by atoms with van der Waals surface area (Å²) in [5.74, 6) is 0. The van der Waals surface area contributed by atoms with Crippen LogP contribution in [0.1, 0.15) is 31.2 Å². The lowest BCUT2D eigenvalue weighted by Gasteiger charge is -2.32. The summed E-state index contributed by atoms with van der Waals surface area (Å²) in [5, 5.41) is 11.6. The molecule has 0 radical (unpaired) electrons. The van der Waals surface area contributed by atoms with Gasteiger partial charge in [0.1, 0.15) is 6.10 Å². The van der Waals surface area contributed by atoms with Gasteiger partial charge < -0.3 is 25.9 Å². The van der Waals surface area contributed by atoms with Crippen molar-refractivity contribution in [2.75, 3.05) is 12.3 Å². The number of nitrogens with zero attached hydrogens (tertiary/aromatic N) is 1. The van der Waals surface area contributed by atoms with Crippen LogP contribution in [0.15, 0.2) is 59.5 Å². The lowest BCUT2D eigenvalue weighted by Crippen LogP contribution is -2.51. The van der Waals surface area contributed by atoms with Crippen LogP contribution in [-0.2, 0) is 30.4 Å². The van der Waals surface area contributed by atoms with Crippen molar-refractivity contribution in [2.24, 2.45) is 0 Å². The van der Waals surface area contributed by atoms with Gasteiger partial charge in [0.15, 0.2) is 0 Å². The largest absolute Gasteiger partial charge is 0.469 e. The van der Waals surface area contributed by atoms with Crippen LogP contribution in [0.3, 0.4) is 0 Å². The van der Waals surface area contributed by atoms with Gasteiger partial charge in [0.2, 0.25) is 0 Å². The quantitative estimate of drug-likeness (QED) is 0.151. The number of phosphoric ester groups is 1. The summed E-state index contributed by atoms with van der Waals surface area (Å²) in [7, 11) is -9.55. The molecule has 0 bridgehead atoms. The lowest BCUT2D eigenvalue weighted by atomic mass is 10.0. The van der Waals surface area contributed by atoms with E-state index in [1.807, 2.05) is 0 Å². The number of hydroxylamine groups is 1. The number of phosphoric acid groups is 1. The first-order chi connectivity index (χ1) is 16.9. The van der Waals surface area contributed by atoms with Crippen LogP contribution >= 0.6 is 7.82 Å². The van der Waals surface area contributed by atoms with Crippen molar-refractivity contribution in [3.05, 3.63) is 60.2 Å². The molecule has 3 rings (SSSR count). The smallest absolute Gasteiger partial charge is 0.465 e. The molecule has 0 aromatic heterocycles. The Labute approximate surface area is 209 Å². The van der Waals surface area contributed by atoms with E-state index in [0.29, 0.717) is 22.9 Å². The molecule has 1 amide bonds. The van der Waals surface area contributed by atoms with Crippen molar-refractivity contribution in [1.29, 1.82) is 0 Å². The predicted octanol–water partition coefficient (Wildman–Crippen LogP) is 2.49. The number of nitrogens with one attached hydrogen (secondary N) is 1. The first-order valence-electron chi connectivity index (χ1n) is 11.3. The SMILES string of the molecule is Nc1cccc(S(=O)(=O)N(C[C@@H](OP(=O)(O)O)[C@H](Cc2ccccc2)NC(=O)O)OC2CCCC2)c1. The van der Waals surface area contributed by atoms with Gasteiger partial charge in [0.25, 0.3) is 10.0 Å². The average Bonchev–Trinajstić information content (AvgIpc) is 3.30. The third-order valence-electron chi connectivity index (χ3n) is 5.65. The first-order valence-corrected chi connectivity index (χ1v) is 14.2. The molecule has 1 aliphatic carbocycles. The second-order valence-corrected chi connectivity index (χ2v) is 11.5. The van der Waals surface area contributed by atoms with Crippen molar-refractivity contribution >= 4 is 29.6 Å². The normalized spacial score (nSPS) is 16.6. The van der Waals surface area contributed by atoms with Crippen LogP contribution in [-0.4, -0.2) is 58.7 Å². The van der Waals surface area contributed by atoms with E-state index in [2.05, 4.69) is 5.32 Å². The standard InChI is InChI=1S/C22H30N3O9PS/c23-17-9-6-12-19(14-17)36(31,32)25(33-18-10-4-5-11-18)15-21(34-35(28,29)30)20(24-22(26)27)13-16-7-2-1-3-8-16/h1-3,6-9,12,14,18,20-21,24H,4-5,10-11,13,15,23H2,(H,26,27)(H2,28,29,30)/t20-,21+/m0/s1. The van der Waals surface area contributed by atoms with Crippen LogP contribution in [0.25, 0.3) is 0 Å². The number of benzene rings is 2. The van der Waals surface area contributed by atoms with Crippen molar-refractivity contribution in [3.63, 3.8) is 0 Å². The van der Waals surface area contributed by atoms with Gasteiger partial charge in [0.05, 0.1) is 23.6 Å². The van der Waals surface area contributed by atoms with Gasteiger partial charge in [-0.15, -0.1) is 0 Å². The molecule has 1 fully saturated rings. The second-order valence-electron chi connectivity index (χ2n) is 8.45. The van der Waals surface area contributed by atoms with Gasteiger partial charge in [0, 0.05) is 5.69 Å². The number of carboxylic acid groups (broad SMARTS) is 1. The Hall–Kier alpha value is -2.51. The zero-order valence-corrected chi connectivity index (χ0v) is 21.1. The molecule has 6 N–H and O–H groups in total. The molecule has 12 nitrogen and oxygen atoms in total. The summed E-state index contributed by atoms with van der Waals surface area (Å²) in [5.41, 5.74) is 6.59. The number of amides is 1. The van der Waals surface area contributed by atoms with E-state index in [4.69, 9.17) is 15.1 Å². The van der Waals surface area contributed by atoms with E-state index in [1.54, 1.807) is 30.3 Å². The first kappa shape index (κ1) is 28.1. The molecule has 14 heteroatoms. The van der Waals surface area contributed by atoms with Crippen molar-refractivity contribution in [1.82, 2.24) is 9.79 Å². The molecule has 1 saturated carbocycles. The average molecular weight is 544 g/mol. The maximum Gasteiger partial charge on any atom is 0.469 e. The summed E-state index contributed by atoms with van der Waals surface area (Å²) < 4.78 is 44.5. The Kier molecular flexibility index (Phi) is 9.47. The molecular formula is C22H30N3O9PS. The molecule has 198 valence electrons. The van der Waals surface area contributed by atoms with Crippen LogP contribution in [0.2, 0.25) is 0 Å². The molecule has 0 aliphatic heterocycles. The molecule has 2 aromatic carbocycles. The van der Waals surface area contributed by atoms with E-state index in [0.717, 1.165) is 12.8 Å². The maximum atomic E-state index is 13.5. The Morgan fingerprint density at radius 2 is 1.81 bits per heavy atom. The molecule has 1 aliphatic rings. The zero-order chi connectivity index (χ0) is 26.3. The Bertz CT molecular complexity index is 1170. The summed E-state index contributed by atoms with van der Waals surface area (Å²) in [6.07, 6.45) is -0.727. The number of rotatable bonds is 12. The Balaban J connectivity index is 1.99. The Morgan fingerprint density at radius 1 is 1.14 bits per heavy atom. The fourth-order valence-corrected chi connectivity index (χ4v) is 5.93. The number of hydrogen-bond acceptors (Lipinski definition) is 7. The fourth-order valence-electron chi connectivity index (χ4n) is 4.01. The summed E-state index contributed by atoms with van der Waals surface area (Å²) in [6.45, 7) is -0.698. The third kappa shape index (κ3) is 8.27. The van der Waals surface area contributed by atoms with Gasteiger partial charge in [-0.1, -0.05) is 53.7 Å². The molecule has 2 aromatic rings. The number of nitrogens with two attached hydrogens (primary N) is 1. The van der Waals surface area contributed by atoms with Crippen molar-refractivity contribution in [3.8, 4) is 0 Å². The van der Waals surface area contributed by atoms with Gasteiger partial charge in [-0.05, 0) is 43.0 Å². The van der Waals surface area contributed by atoms with Crippen molar-refractivity contribution in [2.45, 2.75) is 55.2 Å². The monoisotopic (exact) mass is 543 g/mol. The van der Waals surface area contributed by atoms with Crippen LogP contribution in [0.4, 0.5) is 10.5 Å². The van der Waals surface area contributed by atoms with E-state index in [-0.39, 0.29) is 17.0 Å². The molecule has 0 heterocycles. The molecule has 2 atom stereocenters. The number of hydrogen-bond donors (Lipinski definition) is 5. The van der Waals surface area contributed by atoms with E-state index >= 15 is 0 Å². The number of anilines is 1. The highest BCUT2D eigenvalue weighted by atomic mass is 32.2. The Morgan fingerprint density at radius 3 is 2.39 bits per heavy atom. The molecule has 0 saturated heterocycles. The lowest BCUT2D eigenvalue weighted by molar-refractivity contribution is -0.144. The summed E-state index contributed by atoms with van der Waals surface area (Å²) >= 11 is 0. The predicted molar refractivity (Wildman–Crippen MR) is 130 cm³/mol. The van der Waals surface area contributed by atoms with Gasteiger partial charge >= 0.3 is 13.9 Å². The highest BCUT2D eigenvalue weighted by molar-refractivity contribution is 7.89. The van der Waals surface area contributed by atoms with Gasteiger partial charge in [-0.25, -0.2) is 17.8 Å². The minimum absolute atomic E-state index is 0.0343. The maximum absolute atomic E-state index is 13.5. The summed E-state index contributed by atoms with van der Waals surface area (Å²) in [4.78, 5) is 36.3. The van der Waals surface area contributed by atoms with Crippen LogP contribution in [0.5, 0.6) is 0 Å². The van der Waals surface area contributed by atoms with E-state index in [1.165, 1.54) is 24.3 Å². The van der Waals surface area contributed by atoms with Gasteiger partial charge in [-0.3, -0.25) is 9.36 Å². The minimum Gasteiger partial charge on any atom is -0.465 e. The fraction of sp³-hybridized carbons (Fsp3) is 0.409. The minimum atomic E-state index is -5.18. The van der Waals surface area contributed by atoms with Crippen molar-refractivity contribution < 1.29 is 42.0 Å². The third-order valence-corrected chi connectivity index (χ3v) is 7.82. The van der Waals surface area contributed by atoms with Crippen LogP contribution in [0, 0.1) is 0 Å². The molecule has 0 spiro atoms. The van der Waals surface area contributed by atoms with Gasteiger partial charge in [-0.2, -0.15) is 0 Å². The zero-order valence-electron chi connectivity index (χ0n) is 19.3.